The molecule has 0 aliphatic carbocycles. The topological polar surface area (TPSA) is 34.2 Å². The molecule has 0 aliphatic heterocycles. The molecule has 0 spiro atoms. The lowest BCUT2D eigenvalue weighted by molar-refractivity contribution is 0.0834. The van der Waals surface area contributed by atoms with Crippen molar-refractivity contribution in [2.24, 2.45) is 0 Å². The van der Waals surface area contributed by atoms with Crippen LogP contribution in [0.4, 0.5) is 0 Å². The number of aromatic nitrogens is 1. The van der Waals surface area contributed by atoms with Gasteiger partial charge >= 0.3 is 0 Å². The minimum atomic E-state index is 0.148. The van der Waals surface area contributed by atoms with E-state index in [0.717, 1.165) is 12.2 Å². The van der Waals surface area contributed by atoms with Gasteiger partial charge in [0.2, 0.25) is 0 Å². The van der Waals surface area contributed by atoms with Crippen molar-refractivity contribution in [3.63, 3.8) is 0 Å². The average Bonchev–Trinajstić information content (AvgIpc) is 2.26. The summed E-state index contributed by atoms with van der Waals surface area (Å²) in [6, 6.07) is 4.35. The Balaban J connectivity index is 2.83. The van der Waals surface area contributed by atoms with Crippen LogP contribution in [0.2, 0.25) is 0 Å². The number of methoxy groups -OCH3 is 1. The second kappa shape index (κ2) is 5.83. The molecule has 0 saturated heterocycles. The van der Waals surface area contributed by atoms with Gasteiger partial charge in [0.15, 0.2) is 0 Å². The Bertz CT molecular complexity index is 284. The van der Waals surface area contributed by atoms with E-state index in [1.807, 2.05) is 19.2 Å². The van der Waals surface area contributed by atoms with E-state index in [1.165, 1.54) is 5.56 Å². The lowest BCUT2D eigenvalue weighted by Crippen LogP contribution is -2.31. The predicted molar refractivity (Wildman–Crippen MR) is 61.9 cm³/mol. The van der Waals surface area contributed by atoms with Gasteiger partial charge in [0, 0.05) is 19.0 Å². The maximum Gasteiger partial charge on any atom is 0.0738 e. The van der Waals surface area contributed by atoms with Crippen molar-refractivity contribution >= 4 is 0 Å². The molecule has 0 aliphatic rings. The first kappa shape index (κ1) is 12.1. The SMILES string of the molecule is CCNC(c1ccc(C)nc1)C(C)OC. The van der Waals surface area contributed by atoms with Crippen LogP contribution in [0, 0.1) is 6.92 Å². The van der Waals surface area contributed by atoms with Crippen molar-refractivity contribution in [2.75, 3.05) is 13.7 Å². The van der Waals surface area contributed by atoms with E-state index < -0.39 is 0 Å². The van der Waals surface area contributed by atoms with Crippen LogP contribution in [-0.2, 0) is 4.74 Å². The van der Waals surface area contributed by atoms with Crippen LogP contribution in [0.15, 0.2) is 18.3 Å². The number of ether oxygens (including phenoxy) is 1. The molecule has 2 unspecified atom stereocenters. The fraction of sp³-hybridized carbons (Fsp3) is 0.583. The van der Waals surface area contributed by atoms with Crippen molar-refractivity contribution < 1.29 is 4.74 Å². The van der Waals surface area contributed by atoms with Crippen LogP contribution in [0.5, 0.6) is 0 Å². The highest BCUT2D eigenvalue weighted by molar-refractivity contribution is 5.18. The van der Waals surface area contributed by atoms with E-state index in [-0.39, 0.29) is 12.1 Å². The van der Waals surface area contributed by atoms with Crippen LogP contribution in [0.3, 0.4) is 0 Å². The molecule has 1 aromatic heterocycles. The van der Waals surface area contributed by atoms with Crippen molar-refractivity contribution in [3.8, 4) is 0 Å². The second-order valence-electron chi connectivity index (χ2n) is 3.71. The van der Waals surface area contributed by atoms with Gasteiger partial charge in [0.25, 0.3) is 0 Å². The number of nitrogens with one attached hydrogen (secondary N) is 1. The Morgan fingerprint density at radius 2 is 2.20 bits per heavy atom. The van der Waals surface area contributed by atoms with Crippen LogP contribution >= 0.6 is 0 Å². The van der Waals surface area contributed by atoms with Crippen molar-refractivity contribution in [2.45, 2.75) is 32.9 Å². The van der Waals surface area contributed by atoms with Gasteiger partial charge in [0.1, 0.15) is 0 Å². The molecule has 0 radical (unpaired) electrons. The zero-order valence-corrected chi connectivity index (χ0v) is 9.95. The molecule has 1 heterocycles. The zero-order chi connectivity index (χ0) is 11.3. The van der Waals surface area contributed by atoms with Crippen molar-refractivity contribution in [1.82, 2.24) is 10.3 Å². The largest absolute Gasteiger partial charge is 0.380 e. The Hall–Kier alpha value is -0.930. The monoisotopic (exact) mass is 208 g/mol. The Labute approximate surface area is 91.9 Å². The molecule has 84 valence electrons. The van der Waals surface area contributed by atoms with Crippen LogP contribution in [0.1, 0.15) is 31.1 Å². The highest BCUT2D eigenvalue weighted by atomic mass is 16.5. The summed E-state index contributed by atoms with van der Waals surface area (Å²) in [6.07, 6.45) is 2.06. The molecule has 0 aromatic carbocycles. The summed E-state index contributed by atoms with van der Waals surface area (Å²) >= 11 is 0. The Morgan fingerprint density at radius 1 is 1.47 bits per heavy atom. The first-order valence-corrected chi connectivity index (χ1v) is 5.37. The highest BCUT2D eigenvalue weighted by Crippen LogP contribution is 2.17. The van der Waals surface area contributed by atoms with E-state index in [9.17, 15) is 0 Å². The second-order valence-corrected chi connectivity index (χ2v) is 3.71. The predicted octanol–water partition coefficient (Wildman–Crippen LogP) is 2.08. The van der Waals surface area contributed by atoms with Gasteiger partial charge in [-0.25, -0.2) is 0 Å². The van der Waals surface area contributed by atoms with Gasteiger partial charge in [-0.3, -0.25) is 4.98 Å². The molecule has 0 saturated carbocycles. The van der Waals surface area contributed by atoms with E-state index in [0.29, 0.717) is 0 Å². The van der Waals surface area contributed by atoms with E-state index in [2.05, 4.69) is 30.2 Å². The minimum Gasteiger partial charge on any atom is -0.380 e. The lowest BCUT2D eigenvalue weighted by atomic mass is 10.0. The molecule has 15 heavy (non-hydrogen) atoms. The number of hydrogen-bond acceptors (Lipinski definition) is 3. The summed E-state index contributed by atoms with van der Waals surface area (Å²) in [7, 11) is 1.73. The third-order valence-electron chi connectivity index (χ3n) is 2.56. The number of hydrogen-bond donors (Lipinski definition) is 1. The summed E-state index contributed by atoms with van der Waals surface area (Å²) in [5.74, 6) is 0. The van der Waals surface area contributed by atoms with E-state index in [4.69, 9.17) is 4.74 Å². The third kappa shape index (κ3) is 3.29. The first-order valence-electron chi connectivity index (χ1n) is 5.37. The Kier molecular flexibility index (Phi) is 4.72. The number of aryl methyl sites for hydroxylation is 1. The average molecular weight is 208 g/mol. The molecule has 0 bridgehead atoms. The van der Waals surface area contributed by atoms with Crippen molar-refractivity contribution in [1.29, 1.82) is 0 Å². The van der Waals surface area contributed by atoms with Crippen LogP contribution < -0.4 is 5.32 Å². The highest BCUT2D eigenvalue weighted by Gasteiger charge is 2.17. The normalized spacial score (nSPS) is 14.9. The third-order valence-corrected chi connectivity index (χ3v) is 2.56. The molecule has 3 nitrogen and oxygen atoms in total. The molecule has 1 N–H and O–H groups in total. The molecule has 1 aromatic rings. The molecule has 3 heteroatoms. The quantitative estimate of drug-likeness (QED) is 0.804. The summed E-state index contributed by atoms with van der Waals surface area (Å²) in [6.45, 7) is 7.07. The van der Waals surface area contributed by atoms with Crippen LogP contribution in [0.25, 0.3) is 0 Å². The maximum absolute atomic E-state index is 5.36. The lowest BCUT2D eigenvalue weighted by Gasteiger charge is -2.23. The zero-order valence-electron chi connectivity index (χ0n) is 9.95. The fourth-order valence-corrected chi connectivity index (χ4v) is 1.57. The van der Waals surface area contributed by atoms with E-state index in [1.54, 1.807) is 7.11 Å². The van der Waals surface area contributed by atoms with Gasteiger partial charge in [-0.2, -0.15) is 0 Å². The number of pyridine rings is 1. The Morgan fingerprint density at radius 3 is 2.67 bits per heavy atom. The molecule has 0 fully saturated rings. The molecule has 0 amide bonds. The summed E-state index contributed by atoms with van der Waals surface area (Å²) in [5.41, 5.74) is 2.22. The molecule has 2 atom stereocenters. The fourth-order valence-electron chi connectivity index (χ4n) is 1.57. The first-order chi connectivity index (χ1) is 7.19. The number of rotatable bonds is 5. The van der Waals surface area contributed by atoms with Crippen molar-refractivity contribution in [3.05, 3.63) is 29.6 Å². The summed E-state index contributed by atoms with van der Waals surface area (Å²) < 4.78 is 5.36. The molecular formula is C12H20N2O. The number of nitrogens with zero attached hydrogens (tertiary/aromatic N) is 1. The number of likely N-dealkylation sites (N-methyl/N-ethyl adjacent to an activating group) is 1. The van der Waals surface area contributed by atoms with Gasteiger partial charge in [-0.1, -0.05) is 13.0 Å². The maximum atomic E-state index is 5.36. The molecular weight excluding hydrogens is 188 g/mol. The molecule has 1 rings (SSSR count). The van der Waals surface area contributed by atoms with Gasteiger partial charge in [-0.15, -0.1) is 0 Å². The van der Waals surface area contributed by atoms with Gasteiger partial charge < -0.3 is 10.1 Å². The van der Waals surface area contributed by atoms with Crippen LogP contribution in [-0.4, -0.2) is 24.7 Å². The summed E-state index contributed by atoms with van der Waals surface area (Å²) in [4.78, 5) is 4.30. The van der Waals surface area contributed by atoms with E-state index >= 15 is 0 Å². The standard InChI is InChI=1S/C12H20N2O/c1-5-13-12(10(3)15-4)11-7-6-9(2)14-8-11/h6-8,10,12-13H,5H2,1-4H3. The van der Waals surface area contributed by atoms with Gasteiger partial charge in [0.05, 0.1) is 12.1 Å². The summed E-state index contributed by atoms with van der Waals surface area (Å²) in [5, 5.41) is 3.40. The minimum absolute atomic E-state index is 0.148. The van der Waals surface area contributed by atoms with Gasteiger partial charge in [-0.05, 0) is 32.0 Å². The smallest absolute Gasteiger partial charge is 0.0738 e.